The molecule has 1 aliphatic heterocycles. The van der Waals surface area contributed by atoms with Crippen molar-refractivity contribution in [3.63, 3.8) is 0 Å². The van der Waals surface area contributed by atoms with Crippen LogP contribution in [0.1, 0.15) is 29.7 Å². The van der Waals surface area contributed by atoms with Gasteiger partial charge in [-0.05, 0) is 53.3 Å². The lowest BCUT2D eigenvalue weighted by molar-refractivity contribution is -0.131. The van der Waals surface area contributed by atoms with Gasteiger partial charge in [-0.1, -0.05) is 6.07 Å². The highest BCUT2D eigenvalue weighted by Gasteiger charge is 2.38. The van der Waals surface area contributed by atoms with E-state index in [1.54, 1.807) is 33.3 Å². The quantitative estimate of drug-likeness (QED) is 0.913. The van der Waals surface area contributed by atoms with Gasteiger partial charge in [0.15, 0.2) is 11.5 Å². The summed E-state index contributed by atoms with van der Waals surface area (Å²) >= 11 is 0. The van der Waals surface area contributed by atoms with Crippen LogP contribution in [-0.2, 0) is 17.6 Å². The van der Waals surface area contributed by atoms with E-state index in [0.29, 0.717) is 18.0 Å². The summed E-state index contributed by atoms with van der Waals surface area (Å²) in [7, 11) is 3.25. The van der Waals surface area contributed by atoms with Crippen LogP contribution in [0.5, 0.6) is 17.2 Å². The van der Waals surface area contributed by atoms with Gasteiger partial charge >= 0.3 is 0 Å². The molecule has 130 valence electrons. The zero-order valence-electron chi connectivity index (χ0n) is 14.6. The van der Waals surface area contributed by atoms with Crippen LogP contribution < -0.4 is 9.47 Å². The summed E-state index contributed by atoms with van der Waals surface area (Å²) in [5.74, 6) is 1.64. The van der Waals surface area contributed by atoms with Crippen LogP contribution in [0, 0.1) is 0 Å². The molecule has 5 heteroatoms. The smallest absolute Gasteiger partial charge is 0.219 e. The summed E-state index contributed by atoms with van der Waals surface area (Å²) in [6, 6.07) is 7.41. The fourth-order valence-corrected chi connectivity index (χ4v) is 4.24. The molecule has 1 atom stereocenters. The number of benzene rings is 2. The SMILES string of the molecule is COc1cc2c3c(c1OC)-c1cc(O)ccc1CC3N(C(C)=O)CC2. The van der Waals surface area contributed by atoms with Crippen LogP contribution in [0.2, 0.25) is 0 Å². The van der Waals surface area contributed by atoms with Crippen LogP contribution in [0.25, 0.3) is 11.1 Å². The van der Waals surface area contributed by atoms with E-state index in [-0.39, 0.29) is 17.7 Å². The number of phenolic OH excluding ortho intramolecular Hbond substituents is 1. The van der Waals surface area contributed by atoms with Crippen LogP contribution in [0.3, 0.4) is 0 Å². The van der Waals surface area contributed by atoms with E-state index in [4.69, 9.17) is 9.47 Å². The van der Waals surface area contributed by atoms with Gasteiger partial charge in [-0.3, -0.25) is 4.79 Å². The molecule has 1 N–H and O–H groups in total. The second-order valence-corrected chi connectivity index (χ2v) is 6.58. The van der Waals surface area contributed by atoms with E-state index in [2.05, 4.69) is 0 Å². The number of carbonyl (C=O) groups excluding carboxylic acids is 1. The van der Waals surface area contributed by atoms with Gasteiger partial charge in [-0.15, -0.1) is 0 Å². The van der Waals surface area contributed by atoms with Crippen LogP contribution in [0.4, 0.5) is 0 Å². The van der Waals surface area contributed by atoms with Gasteiger partial charge in [-0.25, -0.2) is 0 Å². The average Bonchev–Trinajstić information content (AvgIpc) is 2.61. The summed E-state index contributed by atoms with van der Waals surface area (Å²) in [5.41, 5.74) is 5.29. The number of hydrogen-bond donors (Lipinski definition) is 1. The van der Waals surface area contributed by atoms with Gasteiger partial charge in [0, 0.05) is 19.0 Å². The Morgan fingerprint density at radius 3 is 2.68 bits per heavy atom. The number of ether oxygens (including phenoxy) is 2. The Balaban J connectivity index is 2.07. The van der Waals surface area contributed by atoms with Crippen LogP contribution in [-0.4, -0.2) is 36.7 Å². The first-order valence-electron chi connectivity index (χ1n) is 8.42. The summed E-state index contributed by atoms with van der Waals surface area (Å²) in [5, 5.41) is 10.0. The number of carbonyl (C=O) groups is 1. The Morgan fingerprint density at radius 2 is 2.00 bits per heavy atom. The van der Waals surface area contributed by atoms with Gasteiger partial charge < -0.3 is 19.5 Å². The maximum absolute atomic E-state index is 12.2. The number of nitrogens with zero attached hydrogens (tertiary/aromatic N) is 1. The second-order valence-electron chi connectivity index (χ2n) is 6.58. The largest absolute Gasteiger partial charge is 0.508 e. The maximum atomic E-state index is 12.2. The third kappa shape index (κ3) is 2.26. The Morgan fingerprint density at radius 1 is 1.20 bits per heavy atom. The lowest BCUT2D eigenvalue weighted by Crippen LogP contribution is -2.41. The summed E-state index contributed by atoms with van der Waals surface area (Å²) in [6.45, 7) is 2.33. The third-order valence-electron chi connectivity index (χ3n) is 5.31. The van der Waals surface area contributed by atoms with E-state index in [1.165, 1.54) is 5.56 Å². The van der Waals surface area contributed by atoms with Gasteiger partial charge in [0.1, 0.15) is 5.75 Å². The lowest BCUT2D eigenvalue weighted by atomic mass is 9.76. The molecule has 0 saturated heterocycles. The van der Waals surface area contributed by atoms with Crippen LogP contribution >= 0.6 is 0 Å². The molecule has 25 heavy (non-hydrogen) atoms. The summed E-state index contributed by atoms with van der Waals surface area (Å²) in [6.07, 6.45) is 1.53. The number of fused-ring (bicyclic) bond motifs is 2. The average molecular weight is 339 g/mol. The highest BCUT2D eigenvalue weighted by Crippen LogP contribution is 2.52. The molecule has 0 bridgehead atoms. The number of amides is 1. The minimum Gasteiger partial charge on any atom is -0.508 e. The van der Waals surface area contributed by atoms with Crippen molar-refractivity contribution in [2.75, 3.05) is 20.8 Å². The lowest BCUT2D eigenvalue weighted by Gasteiger charge is -2.42. The minimum absolute atomic E-state index is 0.00639. The van der Waals surface area contributed by atoms with E-state index < -0.39 is 0 Å². The molecule has 1 heterocycles. The zero-order valence-corrected chi connectivity index (χ0v) is 14.6. The van der Waals surface area contributed by atoms with Crippen molar-refractivity contribution in [3.8, 4) is 28.4 Å². The predicted molar refractivity (Wildman–Crippen MR) is 94.2 cm³/mol. The maximum Gasteiger partial charge on any atom is 0.219 e. The third-order valence-corrected chi connectivity index (χ3v) is 5.31. The topological polar surface area (TPSA) is 59.0 Å². The van der Waals surface area contributed by atoms with Crippen molar-refractivity contribution in [2.24, 2.45) is 0 Å². The first-order chi connectivity index (χ1) is 12.0. The molecule has 1 unspecified atom stereocenters. The zero-order chi connectivity index (χ0) is 17.7. The normalized spacial score (nSPS) is 17.6. The molecule has 1 amide bonds. The van der Waals surface area contributed by atoms with Crippen molar-refractivity contribution in [1.29, 1.82) is 0 Å². The second kappa shape index (κ2) is 5.69. The van der Waals surface area contributed by atoms with E-state index >= 15 is 0 Å². The van der Waals surface area contributed by atoms with E-state index in [9.17, 15) is 9.90 Å². The predicted octanol–water partition coefficient (Wildman–Crippen LogP) is 3.08. The summed E-state index contributed by atoms with van der Waals surface area (Å²) in [4.78, 5) is 14.1. The standard InChI is InChI=1S/C20H21NO4/c1-11(22)21-7-6-13-9-17(24-2)20(25-3)19-15-10-14(23)5-4-12(15)8-16(21)18(13)19/h4-5,9-10,16,23H,6-8H2,1-3H3. The van der Waals surface area contributed by atoms with E-state index in [1.807, 2.05) is 17.0 Å². The fourth-order valence-electron chi connectivity index (χ4n) is 4.24. The molecular formula is C20H21NO4. The first-order valence-corrected chi connectivity index (χ1v) is 8.42. The Labute approximate surface area is 146 Å². The Hall–Kier alpha value is -2.69. The molecule has 2 aliphatic rings. The van der Waals surface area contributed by atoms with Gasteiger partial charge in [0.2, 0.25) is 5.91 Å². The molecule has 0 radical (unpaired) electrons. The molecule has 0 aromatic heterocycles. The van der Waals surface area contributed by atoms with Crippen LogP contribution in [0.15, 0.2) is 24.3 Å². The monoisotopic (exact) mass is 339 g/mol. The van der Waals surface area contributed by atoms with Crippen molar-refractivity contribution in [3.05, 3.63) is 41.0 Å². The number of hydrogen-bond acceptors (Lipinski definition) is 4. The molecule has 2 aromatic carbocycles. The van der Waals surface area contributed by atoms with Crippen molar-refractivity contribution in [1.82, 2.24) is 4.90 Å². The number of aromatic hydroxyl groups is 1. The molecule has 4 rings (SSSR count). The molecular weight excluding hydrogens is 318 g/mol. The highest BCUT2D eigenvalue weighted by molar-refractivity contribution is 5.85. The molecule has 1 aliphatic carbocycles. The number of phenols is 1. The molecule has 0 fully saturated rings. The summed E-state index contributed by atoms with van der Waals surface area (Å²) < 4.78 is 11.2. The first kappa shape index (κ1) is 15.8. The number of rotatable bonds is 2. The van der Waals surface area contributed by atoms with Crippen molar-refractivity contribution in [2.45, 2.75) is 25.8 Å². The fraction of sp³-hybridized carbons (Fsp3) is 0.350. The van der Waals surface area contributed by atoms with E-state index in [0.717, 1.165) is 35.1 Å². The Bertz CT molecular complexity index is 874. The van der Waals surface area contributed by atoms with Gasteiger partial charge in [-0.2, -0.15) is 0 Å². The molecule has 0 spiro atoms. The molecule has 0 saturated carbocycles. The molecule has 5 nitrogen and oxygen atoms in total. The van der Waals surface area contributed by atoms with Crippen molar-refractivity contribution < 1.29 is 19.4 Å². The Kier molecular flexibility index (Phi) is 3.60. The number of methoxy groups -OCH3 is 2. The highest BCUT2D eigenvalue weighted by atomic mass is 16.5. The van der Waals surface area contributed by atoms with Gasteiger partial charge in [0.25, 0.3) is 0 Å². The minimum atomic E-state index is -0.00639. The van der Waals surface area contributed by atoms with Crippen molar-refractivity contribution >= 4 is 5.91 Å². The molecule has 2 aromatic rings. The van der Waals surface area contributed by atoms with Gasteiger partial charge in [0.05, 0.1) is 20.3 Å².